The minimum Gasteiger partial charge on any atom is -0.466 e. The Labute approximate surface area is 155 Å². The van der Waals surface area contributed by atoms with E-state index >= 15 is 0 Å². The summed E-state index contributed by atoms with van der Waals surface area (Å²) < 4.78 is 12.3. The summed E-state index contributed by atoms with van der Waals surface area (Å²) in [4.78, 5) is 27.4. The molecule has 2 fully saturated rings. The van der Waals surface area contributed by atoms with Gasteiger partial charge in [0, 0.05) is 4.47 Å². The molecule has 0 saturated carbocycles. The fourth-order valence-corrected chi connectivity index (χ4v) is 4.55. The van der Waals surface area contributed by atoms with Crippen molar-refractivity contribution in [3.8, 4) is 0 Å². The molecule has 3 heterocycles. The average Bonchev–Trinajstić information content (AvgIpc) is 3.23. The number of esters is 1. The van der Waals surface area contributed by atoms with E-state index in [2.05, 4.69) is 15.9 Å². The second-order valence-electron chi connectivity index (χ2n) is 6.85. The third kappa shape index (κ3) is 2.46. The highest BCUT2D eigenvalue weighted by atomic mass is 79.9. The van der Waals surface area contributed by atoms with Gasteiger partial charge in [0.05, 0.1) is 31.2 Å². The summed E-state index contributed by atoms with van der Waals surface area (Å²) in [5.41, 5.74) is 0.363. The Bertz CT molecular complexity index is 746. The Morgan fingerprint density at radius 2 is 2.16 bits per heavy atom. The van der Waals surface area contributed by atoms with E-state index in [1.807, 2.05) is 48.2 Å². The highest BCUT2D eigenvalue weighted by Crippen LogP contribution is 2.53. The van der Waals surface area contributed by atoms with Gasteiger partial charge in [0.1, 0.15) is 11.5 Å². The minimum absolute atomic E-state index is 0.0275. The number of amides is 1. The van der Waals surface area contributed by atoms with Crippen LogP contribution in [-0.4, -0.2) is 41.6 Å². The normalized spacial score (nSPS) is 33.6. The van der Waals surface area contributed by atoms with Crippen molar-refractivity contribution in [1.29, 1.82) is 0 Å². The monoisotopic (exact) mass is 405 g/mol. The van der Waals surface area contributed by atoms with Gasteiger partial charge in [0.2, 0.25) is 5.91 Å². The molecule has 5 atom stereocenters. The van der Waals surface area contributed by atoms with Crippen LogP contribution in [-0.2, 0) is 19.1 Å². The van der Waals surface area contributed by atoms with Crippen LogP contribution in [0.1, 0.15) is 25.5 Å². The smallest absolute Gasteiger partial charge is 0.312 e. The lowest BCUT2D eigenvalue weighted by Crippen LogP contribution is -2.40. The number of rotatable bonds is 4. The molecule has 0 aromatic heterocycles. The van der Waals surface area contributed by atoms with Crippen molar-refractivity contribution in [3.63, 3.8) is 0 Å². The molecule has 1 spiro atoms. The molecule has 2 saturated heterocycles. The maximum absolute atomic E-state index is 13.2. The van der Waals surface area contributed by atoms with Gasteiger partial charge in [-0.15, -0.1) is 0 Å². The van der Waals surface area contributed by atoms with Crippen LogP contribution in [0.2, 0.25) is 0 Å². The molecule has 3 aliphatic rings. The summed E-state index contributed by atoms with van der Waals surface area (Å²) in [5, 5.41) is 0. The first-order chi connectivity index (χ1) is 12.0. The Kier molecular flexibility index (Phi) is 4.00. The van der Waals surface area contributed by atoms with Gasteiger partial charge >= 0.3 is 5.97 Å². The number of likely N-dealkylation sites (tertiary alicyclic amines) is 1. The number of carbonyl (C=O) groups is 2. The van der Waals surface area contributed by atoms with Crippen molar-refractivity contribution < 1.29 is 19.1 Å². The maximum Gasteiger partial charge on any atom is 0.312 e. The van der Waals surface area contributed by atoms with Crippen molar-refractivity contribution in [1.82, 2.24) is 4.90 Å². The molecule has 0 aliphatic carbocycles. The van der Waals surface area contributed by atoms with Crippen molar-refractivity contribution in [2.24, 2.45) is 11.8 Å². The van der Waals surface area contributed by atoms with Crippen LogP contribution in [0.15, 0.2) is 40.9 Å². The van der Waals surface area contributed by atoms with Crippen molar-refractivity contribution >= 4 is 27.8 Å². The standard InChI is InChI=1S/C19H20BrNO4/c1-3-24-18(23)15-14-8-9-19(25-14)10-21(17(22)16(15)19)11(2)12-4-6-13(20)7-5-12/h4-9,11,14-16H,3,10H2,1-2H3. The fraction of sp³-hybridized carbons (Fsp3) is 0.474. The van der Waals surface area contributed by atoms with Crippen LogP contribution >= 0.6 is 15.9 Å². The lowest BCUT2D eigenvalue weighted by Gasteiger charge is -2.27. The average molecular weight is 406 g/mol. The van der Waals surface area contributed by atoms with Gasteiger partial charge in [-0.2, -0.15) is 0 Å². The maximum atomic E-state index is 13.2. The Morgan fingerprint density at radius 1 is 1.44 bits per heavy atom. The number of carbonyl (C=O) groups excluding carboxylic acids is 2. The second-order valence-corrected chi connectivity index (χ2v) is 7.76. The van der Waals surface area contributed by atoms with Crippen LogP contribution in [0.25, 0.3) is 0 Å². The number of nitrogens with zero attached hydrogens (tertiary/aromatic N) is 1. The van der Waals surface area contributed by atoms with E-state index in [1.165, 1.54) is 0 Å². The zero-order valence-corrected chi connectivity index (χ0v) is 15.7. The Morgan fingerprint density at radius 3 is 2.84 bits per heavy atom. The summed E-state index contributed by atoms with van der Waals surface area (Å²) >= 11 is 3.43. The van der Waals surface area contributed by atoms with Crippen molar-refractivity contribution in [2.75, 3.05) is 13.2 Å². The van der Waals surface area contributed by atoms with Gasteiger partial charge in [-0.25, -0.2) is 0 Å². The van der Waals surface area contributed by atoms with E-state index < -0.39 is 17.4 Å². The third-order valence-electron chi connectivity index (χ3n) is 5.51. The summed E-state index contributed by atoms with van der Waals surface area (Å²) in [5.74, 6) is -1.39. The number of halogens is 1. The van der Waals surface area contributed by atoms with E-state index in [0.29, 0.717) is 13.2 Å². The topological polar surface area (TPSA) is 55.8 Å². The molecular formula is C19H20BrNO4. The summed E-state index contributed by atoms with van der Waals surface area (Å²) in [6, 6.07) is 7.86. The predicted octanol–water partition coefficient (Wildman–Crippen LogP) is 2.86. The lowest BCUT2D eigenvalue weighted by atomic mass is 9.77. The van der Waals surface area contributed by atoms with Crippen LogP contribution in [0.5, 0.6) is 0 Å². The van der Waals surface area contributed by atoms with Crippen LogP contribution in [0, 0.1) is 11.8 Å². The Balaban J connectivity index is 1.63. The quantitative estimate of drug-likeness (QED) is 0.570. The molecule has 4 rings (SSSR count). The summed E-state index contributed by atoms with van der Waals surface area (Å²) in [6.45, 7) is 4.56. The first-order valence-corrected chi connectivity index (χ1v) is 9.36. The van der Waals surface area contributed by atoms with Gasteiger partial charge in [-0.1, -0.05) is 40.2 Å². The van der Waals surface area contributed by atoms with Gasteiger partial charge in [-0.05, 0) is 31.5 Å². The Hall–Kier alpha value is -1.66. The SMILES string of the molecule is CCOC(=O)C1C2C=CC3(CN(C(C)c4ccc(Br)cc4)C(=O)C13)O2. The second kappa shape index (κ2) is 5.95. The molecule has 6 heteroatoms. The molecule has 25 heavy (non-hydrogen) atoms. The van der Waals surface area contributed by atoms with Crippen LogP contribution in [0.3, 0.4) is 0 Å². The number of hydrogen-bond acceptors (Lipinski definition) is 4. The molecule has 1 aromatic rings. The van der Waals surface area contributed by atoms with Crippen molar-refractivity contribution in [2.45, 2.75) is 31.6 Å². The summed E-state index contributed by atoms with van der Waals surface area (Å²) in [6.07, 6.45) is 3.52. The number of hydrogen-bond donors (Lipinski definition) is 0. The molecule has 2 bridgehead atoms. The number of fused-ring (bicyclic) bond motifs is 1. The largest absolute Gasteiger partial charge is 0.466 e. The van der Waals surface area contributed by atoms with E-state index in [9.17, 15) is 9.59 Å². The van der Waals surface area contributed by atoms with Crippen LogP contribution < -0.4 is 0 Å². The molecule has 0 N–H and O–H groups in total. The van der Waals surface area contributed by atoms with E-state index in [0.717, 1.165) is 10.0 Å². The van der Waals surface area contributed by atoms with E-state index in [-0.39, 0.29) is 24.0 Å². The first-order valence-electron chi connectivity index (χ1n) is 8.56. The third-order valence-corrected chi connectivity index (χ3v) is 6.04. The predicted molar refractivity (Wildman–Crippen MR) is 94.6 cm³/mol. The van der Waals surface area contributed by atoms with Gasteiger partial charge in [0.15, 0.2) is 0 Å². The van der Waals surface area contributed by atoms with Crippen molar-refractivity contribution in [3.05, 3.63) is 46.5 Å². The molecule has 5 unspecified atom stereocenters. The molecule has 1 amide bonds. The van der Waals surface area contributed by atoms with Crippen LogP contribution in [0.4, 0.5) is 0 Å². The van der Waals surface area contributed by atoms with Gasteiger partial charge in [-0.3, -0.25) is 9.59 Å². The van der Waals surface area contributed by atoms with Gasteiger partial charge in [0.25, 0.3) is 0 Å². The lowest BCUT2D eigenvalue weighted by molar-refractivity contribution is -0.153. The fourth-order valence-electron chi connectivity index (χ4n) is 4.28. The first kappa shape index (κ1) is 16.8. The zero-order chi connectivity index (χ0) is 17.8. The number of ether oxygens (including phenoxy) is 2. The molecular weight excluding hydrogens is 386 g/mol. The minimum atomic E-state index is -0.692. The van der Waals surface area contributed by atoms with E-state index in [4.69, 9.17) is 9.47 Å². The molecule has 0 radical (unpaired) electrons. The molecule has 132 valence electrons. The molecule has 5 nitrogen and oxygen atoms in total. The molecule has 3 aliphatic heterocycles. The van der Waals surface area contributed by atoms with Gasteiger partial charge < -0.3 is 14.4 Å². The number of benzene rings is 1. The molecule has 1 aromatic carbocycles. The zero-order valence-electron chi connectivity index (χ0n) is 14.1. The van der Waals surface area contributed by atoms with E-state index in [1.54, 1.807) is 6.92 Å². The highest BCUT2D eigenvalue weighted by Gasteiger charge is 2.67. The summed E-state index contributed by atoms with van der Waals surface area (Å²) in [7, 11) is 0. The highest BCUT2D eigenvalue weighted by molar-refractivity contribution is 9.10.